The third-order valence-corrected chi connectivity index (χ3v) is 5.27. The average Bonchev–Trinajstić information content (AvgIpc) is 3.62. The summed E-state index contributed by atoms with van der Waals surface area (Å²) in [6, 6.07) is 26.0. The molecule has 2 heterocycles. The smallest absolute Gasteiger partial charge is 0.268 e. The Morgan fingerprint density at radius 3 is 2.17 bits per heavy atom. The lowest BCUT2D eigenvalue weighted by Crippen LogP contribution is -2.40. The van der Waals surface area contributed by atoms with Gasteiger partial charge in [0, 0.05) is 29.0 Å². The molecule has 0 aliphatic rings. The fourth-order valence-corrected chi connectivity index (χ4v) is 3.49. The minimum Gasteiger partial charge on any atom is -0.268 e. The molecule has 0 aliphatic carbocycles. The molecule has 0 fully saturated rings. The van der Waals surface area contributed by atoms with Gasteiger partial charge in [-0.2, -0.15) is 5.10 Å². The number of carbonyl (C=O) groups excluding carboxylic acids is 2. The van der Waals surface area contributed by atoms with Gasteiger partial charge in [-0.1, -0.05) is 48.5 Å². The van der Waals surface area contributed by atoms with Crippen LogP contribution in [-0.4, -0.2) is 41.8 Å². The summed E-state index contributed by atoms with van der Waals surface area (Å²) in [5, 5.41) is 15.7. The van der Waals surface area contributed by atoms with E-state index in [0.29, 0.717) is 11.3 Å². The van der Waals surface area contributed by atoms with Crippen LogP contribution >= 0.6 is 0 Å². The Morgan fingerprint density at radius 2 is 1.47 bits per heavy atom. The van der Waals surface area contributed by atoms with Gasteiger partial charge in [-0.15, -0.1) is 5.10 Å². The molecule has 3 aromatic carbocycles. The number of hydrogen-bond acceptors (Lipinski definition) is 6. The van der Waals surface area contributed by atoms with E-state index in [0.717, 1.165) is 22.5 Å². The molecule has 0 unspecified atom stereocenters. The summed E-state index contributed by atoms with van der Waals surface area (Å²) in [4.78, 5) is 24.8. The van der Waals surface area contributed by atoms with E-state index in [-0.39, 0.29) is 0 Å². The zero-order valence-corrected chi connectivity index (χ0v) is 18.9. The number of amides is 2. The van der Waals surface area contributed by atoms with Gasteiger partial charge < -0.3 is 0 Å². The molecule has 2 amide bonds. The monoisotopic (exact) mass is 476 g/mol. The van der Waals surface area contributed by atoms with Crippen LogP contribution in [0, 0.1) is 0 Å². The molecule has 2 N–H and O–H groups in total. The Morgan fingerprint density at radius 1 is 0.778 bits per heavy atom. The van der Waals surface area contributed by atoms with Gasteiger partial charge >= 0.3 is 0 Å². The molecular weight excluding hydrogens is 456 g/mol. The lowest BCUT2D eigenvalue weighted by Gasteiger charge is -2.06. The SMILES string of the molecule is O=C(/C=C/c1cn(-c2ccccc2)nc1-c1ccccc1)NNC(=O)c1ccc(-n2cnnn2)cc1. The molecule has 10 nitrogen and oxygen atoms in total. The van der Waals surface area contributed by atoms with Gasteiger partial charge in [-0.05, 0) is 52.9 Å². The first-order chi connectivity index (χ1) is 17.7. The van der Waals surface area contributed by atoms with Crippen molar-refractivity contribution in [3.63, 3.8) is 0 Å². The Kier molecular flexibility index (Phi) is 6.39. The average molecular weight is 477 g/mol. The summed E-state index contributed by atoms with van der Waals surface area (Å²) in [5.41, 5.74) is 9.19. The molecule has 0 radical (unpaired) electrons. The van der Waals surface area contributed by atoms with Crippen molar-refractivity contribution in [2.75, 3.05) is 0 Å². The summed E-state index contributed by atoms with van der Waals surface area (Å²) < 4.78 is 3.23. The highest BCUT2D eigenvalue weighted by Crippen LogP contribution is 2.24. The number of hydrogen-bond donors (Lipinski definition) is 2. The molecule has 5 rings (SSSR count). The molecule has 5 aromatic rings. The van der Waals surface area contributed by atoms with E-state index < -0.39 is 11.8 Å². The van der Waals surface area contributed by atoms with Crippen LogP contribution in [0.2, 0.25) is 0 Å². The van der Waals surface area contributed by atoms with Crippen LogP contribution in [0.4, 0.5) is 0 Å². The van der Waals surface area contributed by atoms with Gasteiger partial charge in [0.05, 0.1) is 17.1 Å². The predicted molar refractivity (Wildman–Crippen MR) is 133 cm³/mol. The quantitative estimate of drug-likeness (QED) is 0.287. The summed E-state index contributed by atoms with van der Waals surface area (Å²) in [7, 11) is 0. The summed E-state index contributed by atoms with van der Waals surface area (Å²) in [6.45, 7) is 0. The minimum atomic E-state index is -0.486. The molecule has 0 aliphatic heterocycles. The molecule has 176 valence electrons. The van der Waals surface area contributed by atoms with Crippen molar-refractivity contribution in [1.82, 2.24) is 40.8 Å². The second kappa shape index (κ2) is 10.3. The van der Waals surface area contributed by atoms with Crippen LogP contribution in [0.3, 0.4) is 0 Å². The van der Waals surface area contributed by atoms with Gasteiger partial charge in [-0.3, -0.25) is 20.4 Å². The number of para-hydroxylation sites is 1. The minimum absolute atomic E-state index is 0.367. The third-order valence-electron chi connectivity index (χ3n) is 5.27. The standard InChI is InChI=1S/C26H20N8O2/c35-24(28-29-26(36)20-11-14-23(15-12-20)34-18-27-31-32-34)16-13-21-17-33(22-9-5-2-6-10-22)30-25(21)19-7-3-1-4-8-19/h1-18H,(H,28,35)(H,29,36)/b16-13+. The number of aromatic nitrogens is 6. The van der Waals surface area contributed by atoms with Crippen LogP contribution < -0.4 is 10.9 Å². The van der Waals surface area contributed by atoms with Gasteiger partial charge in [-0.25, -0.2) is 9.36 Å². The summed E-state index contributed by atoms with van der Waals surface area (Å²) >= 11 is 0. The lowest BCUT2D eigenvalue weighted by atomic mass is 10.1. The van der Waals surface area contributed by atoms with E-state index >= 15 is 0 Å². The molecule has 0 atom stereocenters. The zero-order chi connectivity index (χ0) is 24.7. The molecule has 2 aromatic heterocycles. The zero-order valence-electron chi connectivity index (χ0n) is 18.9. The molecule has 0 saturated heterocycles. The number of rotatable bonds is 6. The fourth-order valence-electron chi connectivity index (χ4n) is 3.49. The van der Waals surface area contributed by atoms with Crippen LogP contribution in [0.25, 0.3) is 28.7 Å². The summed E-state index contributed by atoms with van der Waals surface area (Å²) in [5.74, 6) is -0.943. The van der Waals surface area contributed by atoms with E-state index in [1.165, 1.54) is 17.1 Å². The molecule has 10 heteroatoms. The van der Waals surface area contributed by atoms with E-state index in [2.05, 4.69) is 26.4 Å². The molecular formula is C26H20N8O2. The van der Waals surface area contributed by atoms with Crippen LogP contribution in [0.15, 0.2) is 104 Å². The van der Waals surface area contributed by atoms with E-state index in [9.17, 15) is 9.59 Å². The Bertz CT molecular complexity index is 1490. The van der Waals surface area contributed by atoms with Crippen LogP contribution in [-0.2, 0) is 4.79 Å². The van der Waals surface area contributed by atoms with Crippen LogP contribution in [0.5, 0.6) is 0 Å². The first kappa shape index (κ1) is 22.4. The fraction of sp³-hybridized carbons (Fsp3) is 0. The Balaban J connectivity index is 1.27. The molecule has 0 spiro atoms. The van der Waals surface area contributed by atoms with E-state index in [1.807, 2.05) is 66.9 Å². The highest BCUT2D eigenvalue weighted by molar-refractivity contribution is 5.98. The predicted octanol–water partition coefficient (Wildman–Crippen LogP) is 2.99. The van der Waals surface area contributed by atoms with Crippen molar-refractivity contribution in [3.8, 4) is 22.6 Å². The third kappa shape index (κ3) is 5.07. The van der Waals surface area contributed by atoms with Gasteiger partial charge in [0.2, 0.25) is 0 Å². The second-order valence-electron chi connectivity index (χ2n) is 7.66. The van der Waals surface area contributed by atoms with Crippen molar-refractivity contribution in [2.45, 2.75) is 0 Å². The van der Waals surface area contributed by atoms with Gasteiger partial charge in [0.15, 0.2) is 0 Å². The lowest BCUT2D eigenvalue weighted by molar-refractivity contribution is -0.117. The molecule has 0 bridgehead atoms. The summed E-state index contributed by atoms with van der Waals surface area (Å²) in [6.07, 6.45) is 6.32. The van der Waals surface area contributed by atoms with Crippen molar-refractivity contribution in [1.29, 1.82) is 0 Å². The van der Waals surface area contributed by atoms with Gasteiger partial charge in [0.1, 0.15) is 6.33 Å². The Hall–Kier alpha value is -5.38. The topological polar surface area (TPSA) is 120 Å². The number of carbonyl (C=O) groups is 2. The number of benzene rings is 3. The number of nitrogens with one attached hydrogen (secondary N) is 2. The number of tetrazole rings is 1. The van der Waals surface area contributed by atoms with Crippen molar-refractivity contribution in [2.24, 2.45) is 0 Å². The molecule has 36 heavy (non-hydrogen) atoms. The maximum absolute atomic E-state index is 12.4. The largest absolute Gasteiger partial charge is 0.269 e. The van der Waals surface area contributed by atoms with E-state index in [1.54, 1.807) is 35.0 Å². The van der Waals surface area contributed by atoms with Crippen molar-refractivity contribution < 1.29 is 9.59 Å². The normalized spacial score (nSPS) is 10.9. The molecule has 0 saturated carbocycles. The number of hydrazine groups is 1. The highest BCUT2D eigenvalue weighted by Gasteiger charge is 2.11. The highest BCUT2D eigenvalue weighted by atomic mass is 16.2. The Labute approximate surface area is 205 Å². The van der Waals surface area contributed by atoms with Crippen molar-refractivity contribution in [3.05, 3.63) is 115 Å². The number of nitrogens with zero attached hydrogens (tertiary/aromatic N) is 6. The second-order valence-corrected chi connectivity index (χ2v) is 7.66. The van der Waals surface area contributed by atoms with Crippen molar-refractivity contribution >= 4 is 17.9 Å². The van der Waals surface area contributed by atoms with Crippen LogP contribution in [0.1, 0.15) is 15.9 Å². The maximum atomic E-state index is 12.4. The first-order valence-corrected chi connectivity index (χ1v) is 11.0. The van der Waals surface area contributed by atoms with E-state index in [4.69, 9.17) is 5.10 Å². The maximum Gasteiger partial charge on any atom is 0.269 e. The van der Waals surface area contributed by atoms with Gasteiger partial charge in [0.25, 0.3) is 11.8 Å². The first-order valence-electron chi connectivity index (χ1n) is 11.0.